The van der Waals surface area contributed by atoms with Gasteiger partial charge in [-0.2, -0.15) is 0 Å². The average Bonchev–Trinajstić information content (AvgIpc) is 2.44. The number of benzene rings is 2. The molecule has 0 radical (unpaired) electrons. The number of hydrogen-bond donors (Lipinski definition) is 1. The summed E-state index contributed by atoms with van der Waals surface area (Å²) in [5.74, 6) is 0.623. The van der Waals surface area contributed by atoms with E-state index < -0.39 is 4.92 Å². The molecule has 0 fully saturated rings. The number of hydrogen-bond acceptors (Lipinski definition) is 4. The molecule has 6 heteroatoms. The maximum absolute atomic E-state index is 10.6. The number of nitro benzene ring substituents is 1. The first-order valence-corrected chi connectivity index (χ1v) is 7.71. The molecule has 5 nitrogen and oxygen atoms in total. The Morgan fingerprint density at radius 3 is 2.32 bits per heavy atom. The molecule has 0 aliphatic carbocycles. The minimum atomic E-state index is -0.410. The van der Waals surface area contributed by atoms with E-state index in [0.29, 0.717) is 10.9 Å². The van der Waals surface area contributed by atoms with Crippen LogP contribution in [0.1, 0.15) is 16.7 Å². The largest absolute Gasteiger partial charge is 0.378 e. The molecule has 0 aromatic heterocycles. The molecule has 0 atom stereocenters. The highest BCUT2D eigenvalue weighted by atomic mass is 32.2. The van der Waals surface area contributed by atoms with Gasteiger partial charge in [-0.3, -0.25) is 10.1 Å². The van der Waals surface area contributed by atoms with Gasteiger partial charge in [0.1, 0.15) is 0 Å². The second kappa shape index (κ2) is 7.09. The third kappa shape index (κ3) is 4.60. The van der Waals surface area contributed by atoms with Crippen molar-refractivity contribution < 1.29 is 4.92 Å². The summed E-state index contributed by atoms with van der Waals surface area (Å²) < 4.78 is 0. The Hall–Kier alpha value is -2.34. The van der Waals surface area contributed by atoms with Crippen LogP contribution in [0.4, 0.5) is 11.4 Å². The number of nitrogens with zero attached hydrogens (tertiary/aromatic N) is 2. The van der Waals surface area contributed by atoms with E-state index in [4.69, 9.17) is 5.73 Å². The number of nitrogens with two attached hydrogens (primary N) is 1. The molecule has 22 heavy (non-hydrogen) atoms. The van der Waals surface area contributed by atoms with E-state index in [-0.39, 0.29) is 5.69 Å². The van der Waals surface area contributed by atoms with Crippen LogP contribution in [0, 0.1) is 24.0 Å². The van der Waals surface area contributed by atoms with E-state index in [9.17, 15) is 10.1 Å². The summed E-state index contributed by atoms with van der Waals surface area (Å²) in [5, 5.41) is 11.1. The van der Waals surface area contributed by atoms with Crippen molar-refractivity contribution in [3.63, 3.8) is 0 Å². The molecule has 0 aliphatic rings. The van der Waals surface area contributed by atoms with Crippen molar-refractivity contribution in [3.05, 3.63) is 69.3 Å². The molecule has 0 amide bonds. The third-order valence-corrected chi connectivity index (χ3v) is 3.84. The Morgan fingerprint density at radius 2 is 1.77 bits per heavy atom. The van der Waals surface area contributed by atoms with Gasteiger partial charge in [0.25, 0.3) is 5.69 Å². The Bertz CT molecular complexity index is 692. The van der Waals surface area contributed by atoms with Gasteiger partial charge in [-0.25, -0.2) is 4.99 Å². The molecule has 0 saturated carbocycles. The lowest BCUT2D eigenvalue weighted by atomic mass is 10.1. The van der Waals surface area contributed by atoms with Crippen molar-refractivity contribution in [2.24, 2.45) is 10.7 Å². The Kier molecular flexibility index (Phi) is 5.16. The van der Waals surface area contributed by atoms with Gasteiger partial charge in [0.2, 0.25) is 0 Å². The summed E-state index contributed by atoms with van der Waals surface area (Å²) in [6.45, 7) is 4.04. The Labute approximate surface area is 133 Å². The molecule has 2 N–H and O–H groups in total. The van der Waals surface area contributed by atoms with E-state index >= 15 is 0 Å². The highest BCUT2D eigenvalue weighted by Crippen LogP contribution is 2.21. The molecule has 0 heterocycles. The topological polar surface area (TPSA) is 81.5 Å². The van der Waals surface area contributed by atoms with Crippen LogP contribution in [0.5, 0.6) is 0 Å². The van der Waals surface area contributed by atoms with Crippen molar-refractivity contribution in [2.45, 2.75) is 19.6 Å². The van der Waals surface area contributed by atoms with Crippen LogP contribution in [-0.4, -0.2) is 10.1 Å². The summed E-state index contributed by atoms with van der Waals surface area (Å²) in [5.41, 5.74) is 10.1. The number of aryl methyl sites for hydroxylation is 2. The summed E-state index contributed by atoms with van der Waals surface area (Å²) in [4.78, 5) is 14.6. The van der Waals surface area contributed by atoms with Gasteiger partial charge >= 0.3 is 0 Å². The smallest absolute Gasteiger partial charge is 0.269 e. The summed E-state index contributed by atoms with van der Waals surface area (Å²) in [7, 11) is 0. The van der Waals surface area contributed by atoms with Gasteiger partial charge in [-0.05, 0) is 42.7 Å². The molecular formula is C16H17N3O2S. The SMILES string of the molecule is Cc1cc(C)cc(N=C(N)SCc2ccc([N+](=O)[O-])cc2)c1. The monoisotopic (exact) mass is 315 g/mol. The fourth-order valence-corrected chi connectivity index (χ4v) is 2.72. The molecule has 0 bridgehead atoms. The number of amidine groups is 1. The van der Waals surface area contributed by atoms with E-state index in [1.807, 2.05) is 26.0 Å². The van der Waals surface area contributed by atoms with Crippen molar-refractivity contribution >= 4 is 28.3 Å². The van der Waals surface area contributed by atoms with E-state index in [1.165, 1.54) is 23.9 Å². The maximum Gasteiger partial charge on any atom is 0.269 e. The van der Waals surface area contributed by atoms with Crippen molar-refractivity contribution in [2.75, 3.05) is 0 Å². The Balaban J connectivity index is 2.01. The molecule has 0 saturated heterocycles. The zero-order valence-corrected chi connectivity index (χ0v) is 13.3. The highest BCUT2D eigenvalue weighted by Gasteiger charge is 2.04. The first kappa shape index (κ1) is 16.0. The fourth-order valence-electron chi connectivity index (χ4n) is 2.05. The van der Waals surface area contributed by atoms with Gasteiger partial charge < -0.3 is 5.73 Å². The summed E-state index contributed by atoms with van der Waals surface area (Å²) in [6, 6.07) is 12.5. The number of nitro groups is 1. The van der Waals surface area contributed by atoms with Crippen LogP contribution in [0.3, 0.4) is 0 Å². The summed E-state index contributed by atoms with van der Waals surface area (Å²) >= 11 is 1.41. The molecular weight excluding hydrogens is 298 g/mol. The van der Waals surface area contributed by atoms with E-state index in [0.717, 1.165) is 22.4 Å². The zero-order chi connectivity index (χ0) is 16.1. The summed E-state index contributed by atoms with van der Waals surface area (Å²) in [6.07, 6.45) is 0. The first-order chi connectivity index (χ1) is 10.4. The van der Waals surface area contributed by atoms with Gasteiger partial charge in [0, 0.05) is 17.9 Å². The number of aliphatic imine (C=N–C) groups is 1. The van der Waals surface area contributed by atoms with Crippen molar-refractivity contribution in [3.8, 4) is 0 Å². The molecule has 2 aromatic rings. The molecule has 0 aliphatic heterocycles. The minimum absolute atomic E-state index is 0.0885. The quantitative estimate of drug-likeness (QED) is 0.399. The molecule has 2 rings (SSSR count). The Morgan fingerprint density at radius 1 is 1.18 bits per heavy atom. The van der Waals surface area contributed by atoms with Crippen LogP contribution in [0.15, 0.2) is 47.5 Å². The zero-order valence-electron chi connectivity index (χ0n) is 12.4. The standard InChI is InChI=1S/C16H17N3O2S/c1-11-7-12(2)9-14(8-11)18-16(17)22-10-13-3-5-15(6-4-13)19(20)21/h3-9H,10H2,1-2H3,(H2,17,18). The normalized spacial score (nSPS) is 11.5. The third-order valence-electron chi connectivity index (χ3n) is 2.98. The highest BCUT2D eigenvalue weighted by molar-refractivity contribution is 8.13. The van der Waals surface area contributed by atoms with Gasteiger partial charge in [0.15, 0.2) is 5.17 Å². The molecule has 114 valence electrons. The molecule has 0 spiro atoms. The lowest BCUT2D eigenvalue weighted by Gasteiger charge is -2.03. The average molecular weight is 315 g/mol. The number of rotatable bonds is 4. The second-order valence-corrected chi connectivity index (χ2v) is 6.00. The predicted octanol–water partition coefficient (Wildman–Crippen LogP) is 4.09. The lowest BCUT2D eigenvalue weighted by Crippen LogP contribution is -2.06. The molecule has 2 aromatic carbocycles. The van der Waals surface area contributed by atoms with Crippen LogP contribution in [-0.2, 0) is 5.75 Å². The van der Waals surface area contributed by atoms with Gasteiger partial charge in [-0.15, -0.1) is 0 Å². The van der Waals surface area contributed by atoms with Gasteiger partial charge in [0.05, 0.1) is 10.6 Å². The maximum atomic E-state index is 10.6. The first-order valence-electron chi connectivity index (χ1n) is 6.72. The predicted molar refractivity (Wildman–Crippen MR) is 91.6 cm³/mol. The number of non-ortho nitro benzene ring substituents is 1. The fraction of sp³-hybridized carbons (Fsp3) is 0.188. The lowest BCUT2D eigenvalue weighted by molar-refractivity contribution is -0.384. The molecule has 0 unspecified atom stereocenters. The second-order valence-electron chi connectivity index (χ2n) is 5.01. The van der Waals surface area contributed by atoms with Crippen molar-refractivity contribution in [1.82, 2.24) is 0 Å². The van der Waals surface area contributed by atoms with Crippen molar-refractivity contribution in [1.29, 1.82) is 0 Å². The van der Waals surface area contributed by atoms with Crippen LogP contribution in [0.25, 0.3) is 0 Å². The van der Waals surface area contributed by atoms with Crippen LogP contribution >= 0.6 is 11.8 Å². The van der Waals surface area contributed by atoms with E-state index in [1.54, 1.807) is 12.1 Å². The van der Waals surface area contributed by atoms with Crippen LogP contribution < -0.4 is 5.73 Å². The van der Waals surface area contributed by atoms with E-state index in [2.05, 4.69) is 11.1 Å². The van der Waals surface area contributed by atoms with Crippen LogP contribution in [0.2, 0.25) is 0 Å². The van der Waals surface area contributed by atoms with Gasteiger partial charge in [-0.1, -0.05) is 30.0 Å². The minimum Gasteiger partial charge on any atom is -0.378 e. The number of thioether (sulfide) groups is 1.